The molecule has 3 heterocycles. The van der Waals surface area contributed by atoms with Gasteiger partial charge in [-0.2, -0.15) is 0 Å². The van der Waals surface area contributed by atoms with Gasteiger partial charge >= 0.3 is 6.09 Å². The van der Waals surface area contributed by atoms with E-state index in [4.69, 9.17) is 9.47 Å². The molecule has 1 aromatic heterocycles. The van der Waals surface area contributed by atoms with Gasteiger partial charge < -0.3 is 19.7 Å². The molecule has 35 heavy (non-hydrogen) atoms. The number of nitrogens with zero attached hydrogens (tertiary/aromatic N) is 2. The summed E-state index contributed by atoms with van der Waals surface area (Å²) in [6.07, 6.45) is 1.37. The molecule has 0 unspecified atom stereocenters. The van der Waals surface area contributed by atoms with Gasteiger partial charge in [-0.1, -0.05) is 42.0 Å². The van der Waals surface area contributed by atoms with Crippen molar-refractivity contribution in [3.05, 3.63) is 64.3 Å². The molecule has 1 N–H and O–H groups in total. The molecule has 3 aromatic rings. The molecule has 1 saturated heterocycles. The van der Waals surface area contributed by atoms with Crippen LogP contribution in [0, 0.1) is 25.7 Å². The van der Waals surface area contributed by atoms with Gasteiger partial charge in [0.2, 0.25) is 0 Å². The van der Waals surface area contributed by atoms with Crippen molar-refractivity contribution in [1.29, 1.82) is 0 Å². The maximum absolute atomic E-state index is 13.7. The molecule has 0 bridgehead atoms. The molecular formula is C27H27N3O4S. The lowest BCUT2D eigenvalue weighted by molar-refractivity contribution is 0.0700. The van der Waals surface area contributed by atoms with Crippen LogP contribution in [-0.4, -0.2) is 47.6 Å². The first-order valence-corrected chi connectivity index (χ1v) is 12.9. The smallest absolute Gasteiger partial charge is 0.412 e. The van der Waals surface area contributed by atoms with Gasteiger partial charge in [0.1, 0.15) is 5.69 Å². The molecule has 3 atom stereocenters. The number of benzene rings is 2. The van der Waals surface area contributed by atoms with Gasteiger partial charge in [0, 0.05) is 25.1 Å². The molecule has 2 aliphatic heterocycles. The SMILES string of the molecule is Cc1cccc(-c2sc(C)nc2C(=O)N2C[C@@H]3C[C@@H]3[C@H]2CNC(=O)Oc2cccc3c2OCC3)c1. The highest BCUT2D eigenvalue weighted by Crippen LogP contribution is 2.50. The molecular weight excluding hydrogens is 462 g/mol. The first-order chi connectivity index (χ1) is 17.0. The van der Waals surface area contributed by atoms with E-state index in [9.17, 15) is 9.59 Å². The van der Waals surface area contributed by atoms with Gasteiger partial charge in [0.15, 0.2) is 11.5 Å². The fourth-order valence-electron chi connectivity index (χ4n) is 5.35. The zero-order valence-electron chi connectivity index (χ0n) is 19.7. The Kier molecular flexibility index (Phi) is 5.48. The summed E-state index contributed by atoms with van der Waals surface area (Å²) in [5, 5.41) is 3.75. The first kappa shape index (κ1) is 22.1. The largest absolute Gasteiger partial charge is 0.489 e. The van der Waals surface area contributed by atoms with Crippen molar-refractivity contribution in [1.82, 2.24) is 15.2 Å². The van der Waals surface area contributed by atoms with E-state index in [0.717, 1.165) is 39.4 Å². The van der Waals surface area contributed by atoms with Gasteiger partial charge in [-0.15, -0.1) is 11.3 Å². The second-order valence-electron chi connectivity index (χ2n) is 9.58. The molecule has 7 nitrogen and oxygen atoms in total. The number of thiazole rings is 1. The third kappa shape index (κ3) is 4.16. The van der Waals surface area contributed by atoms with Crippen molar-refractivity contribution in [3.8, 4) is 21.9 Å². The third-order valence-electron chi connectivity index (χ3n) is 7.12. The van der Waals surface area contributed by atoms with Crippen LogP contribution in [-0.2, 0) is 6.42 Å². The zero-order valence-corrected chi connectivity index (χ0v) is 20.6. The number of carbonyl (C=O) groups excluding carboxylic acids is 2. The number of rotatable bonds is 5. The molecule has 8 heteroatoms. The van der Waals surface area contributed by atoms with Crippen LogP contribution in [0.5, 0.6) is 11.5 Å². The molecule has 0 spiro atoms. The van der Waals surface area contributed by atoms with Gasteiger partial charge in [0.05, 0.1) is 22.5 Å². The highest BCUT2D eigenvalue weighted by Gasteiger charge is 2.54. The maximum Gasteiger partial charge on any atom is 0.412 e. The van der Waals surface area contributed by atoms with E-state index in [1.807, 2.05) is 49.1 Å². The van der Waals surface area contributed by atoms with E-state index in [-0.39, 0.29) is 11.9 Å². The molecule has 2 aromatic carbocycles. The standard InChI is InChI=1S/C27H27N3O4S/c1-15-5-3-7-18(11-15)25-23(29-16(2)35-25)26(31)30-14-19-12-20(19)21(30)13-28-27(32)34-22-8-4-6-17-9-10-33-24(17)22/h3-8,11,19-21H,9-10,12-14H2,1-2H3,(H,28,32)/t19-,20-,21+/m0/s1. The number of likely N-dealkylation sites (tertiary alicyclic amines) is 1. The Morgan fingerprint density at radius 2 is 2.09 bits per heavy atom. The minimum absolute atomic E-state index is 0.0625. The highest BCUT2D eigenvalue weighted by molar-refractivity contribution is 7.15. The molecule has 1 aliphatic carbocycles. The number of hydrogen-bond donors (Lipinski definition) is 1. The second-order valence-corrected chi connectivity index (χ2v) is 10.8. The predicted molar refractivity (Wildman–Crippen MR) is 133 cm³/mol. The zero-order chi connectivity index (χ0) is 24.1. The van der Waals surface area contributed by atoms with Gasteiger partial charge in [-0.05, 0) is 43.7 Å². The number of nitrogens with one attached hydrogen (secondary N) is 1. The van der Waals surface area contributed by atoms with E-state index < -0.39 is 6.09 Å². The van der Waals surface area contributed by atoms with E-state index in [2.05, 4.69) is 16.4 Å². The Morgan fingerprint density at radius 1 is 1.23 bits per heavy atom. The third-order valence-corrected chi connectivity index (χ3v) is 8.14. The quantitative estimate of drug-likeness (QED) is 0.566. The summed E-state index contributed by atoms with van der Waals surface area (Å²) >= 11 is 1.55. The van der Waals surface area contributed by atoms with Gasteiger partial charge in [-0.3, -0.25) is 4.79 Å². The van der Waals surface area contributed by atoms with Crippen LogP contribution < -0.4 is 14.8 Å². The number of amides is 2. The minimum Gasteiger partial charge on any atom is -0.489 e. The molecule has 2 fully saturated rings. The van der Waals surface area contributed by atoms with Crippen molar-refractivity contribution in [3.63, 3.8) is 0 Å². The topological polar surface area (TPSA) is 80.8 Å². The summed E-state index contributed by atoms with van der Waals surface area (Å²) in [6, 6.07) is 13.7. The monoisotopic (exact) mass is 489 g/mol. The van der Waals surface area contributed by atoms with Crippen LogP contribution in [0.15, 0.2) is 42.5 Å². The number of piperidine rings is 1. The number of para-hydroxylation sites is 1. The fourth-order valence-corrected chi connectivity index (χ4v) is 6.25. The summed E-state index contributed by atoms with van der Waals surface area (Å²) < 4.78 is 11.2. The van der Waals surface area contributed by atoms with E-state index >= 15 is 0 Å². The molecule has 6 rings (SSSR count). The summed E-state index contributed by atoms with van der Waals surface area (Å²) in [7, 11) is 0. The average Bonchev–Trinajstić information content (AvgIpc) is 3.16. The molecule has 1 saturated carbocycles. The van der Waals surface area contributed by atoms with Crippen LogP contribution >= 0.6 is 11.3 Å². The van der Waals surface area contributed by atoms with Crippen molar-refractivity contribution < 1.29 is 19.1 Å². The summed E-state index contributed by atoms with van der Waals surface area (Å²) in [5.74, 6) is 1.92. The summed E-state index contributed by atoms with van der Waals surface area (Å²) in [4.78, 5) is 33.7. The van der Waals surface area contributed by atoms with Crippen LogP contribution in [0.25, 0.3) is 10.4 Å². The normalized spacial score (nSPS) is 21.8. The van der Waals surface area contributed by atoms with Crippen LogP contribution in [0.3, 0.4) is 0 Å². The van der Waals surface area contributed by atoms with Gasteiger partial charge in [-0.25, -0.2) is 9.78 Å². The number of aromatic nitrogens is 1. The molecule has 3 aliphatic rings. The van der Waals surface area contributed by atoms with E-state index in [1.165, 1.54) is 0 Å². The van der Waals surface area contributed by atoms with Crippen molar-refractivity contribution in [2.24, 2.45) is 11.8 Å². The van der Waals surface area contributed by atoms with E-state index in [0.29, 0.717) is 48.7 Å². The molecule has 0 radical (unpaired) electrons. The lowest BCUT2D eigenvalue weighted by atomic mass is 10.1. The van der Waals surface area contributed by atoms with Crippen molar-refractivity contribution >= 4 is 23.3 Å². The van der Waals surface area contributed by atoms with Crippen LogP contribution in [0.4, 0.5) is 4.79 Å². The second kappa shape index (κ2) is 8.68. The van der Waals surface area contributed by atoms with Crippen molar-refractivity contribution in [2.75, 3.05) is 19.7 Å². The van der Waals surface area contributed by atoms with E-state index in [1.54, 1.807) is 17.4 Å². The molecule has 180 valence electrons. The lowest BCUT2D eigenvalue weighted by Crippen LogP contribution is -2.46. The Bertz CT molecular complexity index is 1320. The minimum atomic E-state index is -0.532. The Hall–Kier alpha value is -3.39. The number of ether oxygens (including phenoxy) is 2. The predicted octanol–water partition coefficient (Wildman–Crippen LogP) is 4.61. The number of hydrogen-bond acceptors (Lipinski definition) is 6. The molecule has 2 amide bonds. The summed E-state index contributed by atoms with van der Waals surface area (Å²) in [6.45, 7) is 5.63. The maximum atomic E-state index is 13.7. The van der Waals surface area contributed by atoms with Crippen molar-refractivity contribution in [2.45, 2.75) is 32.7 Å². The first-order valence-electron chi connectivity index (χ1n) is 12.0. The highest BCUT2D eigenvalue weighted by atomic mass is 32.1. The Balaban J connectivity index is 1.17. The van der Waals surface area contributed by atoms with Crippen LogP contribution in [0.2, 0.25) is 0 Å². The van der Waals surface area contributed by atoms with Gasteiger partial charge in [0.25, 0.3) is 5.91 Å². The number of fused-ring (bicyclic) bond motifs is 2. The number of carbonyl (C=O) groups is 2. The Labute approximate surface area is 208 Å². The summed E-state index contributed by atoms with van der Waals surface area (Å²) in [5.41, 5.74) is 3.71. The lowest BCUT2D eigenvalue weighted by Gasteiger charge is -2.27. The average molecular weight is 490 g/mol. The Morgan fingerprint density at radius 3 is 2.94 bits per heavy atom. The number of aryl methyl sites for hydroxylation is 2. The fraction of sp³-hybridized carbons (Fsp3) is 0.370. The van der Waals surface area contributed by atoms with Crippen LogP contribution in [0.1, 0.15) is 33.0 Å².